The summed E-state index contributed by atoms with van der Waals surface area (Å²) in [6.45, 7) is 2.21. The summed E-state index contributed by atoms with van der Waals surface area (Å²) in [6.07, 6.45) is 4.36. The molecule has 18 heavy (non-hydrogen) atoms. The Labute approximate surface area is 106 Å². The third kappa shape index (κ3) is 3.18. The van der Waals surface area contributed by atoms with E-state index in [4.69, 9.17) is 19.9 Å². The normalized spacial score (nSPS) is 15.3. The van der Waals surface area contributed by atoms with E-state index >= 15 is 0 Å². The predicted octanol–water partition coefficient (Wildman–Crippen LogP) is 0.888. The fourth-order valence-corrected chi connectivity index (χ4v) is 1.60. The first-order valence-electron chi connectivity index (χ1n) is 5.82. The molecular weight excluding hydrogens is 234 g/mol. The van der Waals surface area contributed by atoms with Gasteiger partial charge in [-0.25, -0.2) is 4.98 Å². The molecule has 1 aromatic heterocycles. The van der Waals surface area contributed by atoms with Gasteiger partial charge in [-0.3, -0.25) is 0 Å². The van der Waals surface area contributed by atoms with Gasteiger partial charge in [-0.2, -0.15) is 4.98 Å². The van der Waals surface area contributed by atoms with Gasteiger partial charge in [0.05, 0.1) is 26.0 Å². The molecule has 1 aromatic rings. The van der Waals surface area contributed by atoms with Gasteiger partial charge >= 0.3 is 0 Å². The van der Waals surface area contributed by atoms with Crippen molar-refractivity contribution in [3.63, 3.8) is 0 Å². The minimum atomic E-state index is 0.407. The van der Waals surface area contributed by atoms with Gasteiger partial charge in [0.1, 0.15) is 12.3 Å². The number of ether oxygens (including phenoxy) is 3. The zero-order valence-electron chi connectivity index (χ0n) is 10.4. The monoisotopic (exact) mass is 251 g/mol. The Morgan fingerprint density at radius 2 is 2.33 bits per heavy atom. The highest BCUT2D eigenvalue weighted by Crippen LogP contribution is 2.23. The van der Waals surface area contributed by atoms with Crippen molar-refractivity contribution < 1.29 is 14.2 Å². The zero-order valence-corrected chi connectivity index (χ0v) is 10.4. The minimum Gasteiger partial charge on any atom is -0.474 e. The van der Waals surface area contributed by atoms with Crippen LogP contribution >= 0.6 is 0 Å². The number of rotatable bonds is 5. The largest absolute Gasteiger partial charge is 0.474 e. The van der Waals surface area contributed by atoms with Crippen molar-refractivity contribution in [2.45, 2.75) is 6.42 Å². The summed E-state index contributed by atoms with van der Waals surface area (Å²) in [7, 11) is 1.62. The topological polar surface area (TPSA) is 79.5 Å². The number of aromatic nitrogens is 2. The second-order valence-corrected chi connectivity index (χ2v) is 3.85. The van der Waals surface area contributed by atoms with Crippen molar-refractivity contribution in [3.05, 3.63) is 18.1 Å². The predicted molar refractivity (Wildman–Crippen MR) is 67.2 cm³/mol. The third-order valence-corrected chi connectivity index (χ3v) is 2.56. The first-order chi connectivity index (χ1) is 8.81. The molecule has 2 heterocycles. The standard InChI is InChI=1S/C12H17N3O3/c1-16-6-7-18-12-10(13)8-14-11(15-12)9-2-4-17-5-3-9/h2,8H,3-7,13H2,1H3. The van der Waals surface area contributed by atoms with Crippen LogP contribution in [0.2, 0.25) is 0 Å². The van der Waals surface area contributed by atoms with Crippen LogP contribution in [0.5, 0.6) is 5.88 Å². The molecule has 0 aliphatic carbocycles. The molecule has 0 bridgehead atoms. The van der Waals surface area contributed by atoms with E-state index in [1.165, 1.54) is 0 Å². The van der Waals surface area contributed by atoms with E-state index in [1.807, 2.05) is 6.08 Å². The number of nitrogen functional groups attached to an aromatic ring is 1. The molecule has 0 saturated heterocycles. The van der Waals surface area contributed by atoms with Crippen LogP contribution in [0.15, 0.2) is 12.3 Å². The van der Waals surface area contributed by atoms with Crippen molar-refractivity contribution >= 4 is 11.3 Å². The lowest BCUT2D eigenvalue weighted by Gasteiger charge is -2.13. The van der Waals surface area contributed by atoms with Crippen molar-refractivity contribution in [3.8, 4) is 5.88 Å². The van der Waals surface area contributed by atoms with Crippen LogP contribution in [0.4, 0.5) is 5.69 Å². The highest BCUT2D eigenvalue weighted by Gasteiger charge is 2.12. The molecule has 0 spiro atoms. The maximum absolute atomic E-state index is 5.77. The molecule has 2 N–H and O–H groups in total. The lowest BCUT2D eigenvalue weighted by atomic mass is 10.1. The Bertz CT molecular complexity index is 435. The van der Waals surface area contributed by atoms with Gasteiger partial charge in [-0.1, -0.05) is 6.08 Å². The number of hydrogen-bond acceptors (Lipinski definition) is 6. The number of methoxy groups -OCH3 is 1. The van der Waals surface area contributed by atoms with Crippen LogP contribution in [-0.4, -0.2) is 43.5 Å². The van der Waals surface area contributed by atoms with Gasteiger partial charge in [-0.05, 0) is 12.0 Å². The molecule has 0 atom stereocenters. The Balaban J connectivity index is 2.12. The SMILES string of the molecule is COCCOc1nc(C2=CCOCC2)ncc1N. The Morgan fingerprint density at radius 1 is 1.44 bits per heavy atom. The average Bonchev–Trinajstić information content (AvgIpc) is 2.42. The van der Waals surface area contributed by atoms with E-state index in [0.717, 1.165) is 12.0 Å². The molecule has 1 aliphatic heterocycles. The van der Waals surface area contributed by atoms with Crippen molar-refractivity contribution in [1.29, 1.82) is 0 Å². The van der Waals surface area contributed by atoms with Crippen LogP contribution in [0.1, 0.15) is 12.2 Å². The van der Waals surface area contributed by atoms with Crippen LogP contribution in [0.3, 0.4) is 0 Å². The maximum atomic E-state index is 5.77. The molecule has 0 fully saturated rings. The molecule has 1 aliphatic rings. The van der Waals surface area contributed by atoms with E-state index in [2.05, 4.69) is 9.97 Å². The molecular formula is C12H17N3O3. The van der Waals surface area contributed by atoms with Crippen molar-refractivity contribution in [2.75, 3.05) is 39.3 Å². The molecule has 6 heteroatoms. The Hall–Kier alpha value is -1.66. The quantitative estimate of drug-likeness (QED) is 0.783. The highest BCUT2D eigenvalue weighted by atomic mass is 16.5. The number of hydrogen-bond donors (Lipinski definition) is 1. The molecule has 0 amide bonds. The lowest BCUT2D eigenvalue weighted by Crippen LogP contribution is -2.10. The van der Waals surface area contributed by atoms with E-state index < -0.39 is 0 Å². The van der Waals surface area contributed by atoms with Crippen molar-refractivity contribution in [2.24, 2.45) is 0 Å². The van der Waals surface area contributed by atoms with Gasteiger partial charge in [0.2, 0.25) is 5.88 Å². The number of nitrogens with zero attached hydrogens (tertiary/aromatic N) is 2. The summed E-state index contributed by atoms with van der Waals surface area (Å²) in [5.74, 6) is 1.06. The first-order valence-corrected chi connectivity index (χ1v) is 5.82. The average molecular weight is 251 g/mol. The van der Waals surface area contributed by atoms with Gasteiger partial charge in [-0.15, -0.1) is 0 Å². The second kappa shape index (κ2) is 6.32. The van der Waals surface area contributed by atoms with Crippen LogP contribution in [0.25, 0.3) is 5.57 Å². The Morgan fingerprint density at radius 3 is 3.06 bits per heavy atom. The molecule has 0 unspecified atom stereocenters. The van der Waals surface area contributed by atoms with Crippen LogP contribution < -0.4 is 10.5 Å². The first kappa shape index (κ1) is 12.8. The van der Waals surface area contributed by atoms with E-state index in [-0.39, 0.29) is 0 Å². The fourth-order valence-electron chi connectivity index (χ4n) is 1.60. The molecule has 2 rings (SSSR count). The fraction of sp³-hybridized carbons (Fsp3) is 0.500. The number of nitrogens with two attached hydrogens (primary N) is 1. The third-order valence-electron chi connectivity index (χ3n) is 2.56. The minimum absolute atomic E-state index is 0.407. The van der Waals surface area contributed by atoms with E-state index in [1.54, 1.807) is 13.3 Å². The molecule has 0 aromatic carbocycles. The maximum Gasteiger partial charge on any atom is 0.240 e. The summed E-state index contributed by atoms with van der Waals surface area (Å²) in [4.78, 5) is 8.55. The van der Waals surface area contributed by atoms with Gasteiger partial charge in [0.25, 0.3) is 0 Å². The van der Waals surface area contributed by atoms with Gasteiger partial charge in [0.15, 0.2) is 5.82 Å². The number of anilines is 1. The molecule has 98 valence electrons. The van der Waals surface area contributed by atoms with E-state index in [0.29, 0.717) is 43.8 Å². The molecule has 0 saturated carbocycles. The summed E-state index contributed by atoms with van der Waals surface area (Å²) >= 11 is 0. The zero-order chi connectivity index (χ0) is 12.8. The van der Waals surface area contributed by atoms with Gasteiger partial charge < -0.3 is 19.9 Å². The molecule has 6 nitrogen and oxygen atoms in total. The van der Waals surface area contributed by atoms with Gasteiger partial charge in [0, 0.05) is 7.11 Å². The Kier molecular flexibility index (Phi) is 4.49. The van der Waals surface area contributed by atoms with Crippen molar-refractivity contribution in [1.82, 2.24) is 9.97 Å². The van der Waals surface area contributed by atoms with Crippen LogP contribution in [-0.2, 0) is 9.47 Å². The smallest absolute Gasteiger partial charge is 0.240 e. The molecule has 0 radical (unpaired) electrons. The lowest BCUT2D eigenvalue weighted by molar-refractivity contribution is 0.144. The highest BCUT2D eigenvalue weighted by molar-refractivity contribution is 5.62. The summed E-state index contributed by atoms with van der Waals surface area (Å²) in [5.41, 5.74) is 7.27. The summed E-state index contributed by atoms with van der Waals surface area (Å²) in [5, 5.41) is 0. The summed E-state index contributed by atoms with van der Waals surface area (Å²) in [6, 6.07) is 0. The summed E-state index contributed by atoms with van der Waals surface area (Å²) < 4.78 is 15.6. The van der Waals surface area contributed by atoms with E-state index in [9.17, 15) is 0 Å². The van der Waals surface area contributed by atoms with Crippen LogP contribution in [0, 0.1) is 0 Å². The second-order valence-electron chi connectivity index (χ2n) is 3.85.